The third-order valence-electron chi connectivity index (χ3n) is 6.32. The highest BCUT2D eigenvalue weighted by atomic mass is 17.3. The van der Waals surface area contributed by atoms with Gasteiger partial charge in [-0.15, -0.1) is 0 Å². The standard InChI is InChI=1S/C30H30O6/c1-29(33-31,27(23-15-7-3-8-16-23)24-17-9-4-10-18-24)35-36-30(2,34-32)28(25-19-11-5-12-20-25)26-21-13-6-14-22-26/h3-22,27-28,31-32H,1-2H3. The molecule has 0 aromatic heterocycles. The van der Waals surface area contributed by atoms with Gasteiger partial charge in [0.1, 0.15) is 0 Å². The Bertz CT molecular complexity index is 1010. The Balaban J connectivity index is 1.72. The van der Waals surface area contributed by atoms with Crippen molar-refractivity contribution in [2.45, 2.75) is 37.3 Å². The molecule has 186 valence electrons. The molecule has 6 nitrogen and oxygen atoms in total. The molecule has 0 bridgehead atoms. The predicted octanol–water partition coefficient (Wildman–Crippen LogP) is 7.01. The van der Waals surface area contributed by atoms with Crippen LogP contribution in [0.5, 0.6) is 0 Å². The van der Waals surface area contributed by atoms with Crippen molar-refractivity contribution in [2.75, 3.05) is 0 Å². The van der Waals surface area contributed by atoms with E-state index in [1.54, 1.807) is 13.8 Å². The molecule has 36 heavy (non-hydrogen) atoms. The van der Waals surface area contributed by atoms with E-state index in [-0.39, 0.29) is 0 Å². The molecule has 0 aliphatic carbocycles. The molecule has 0 amide bonds. The van der Waals surface area contributed by atoms with Gasteiger partial charge >= 0.3 is 0 Å². The summed E-state index contributed by atoms with van der Waals surface area (Å²) in [6, 6.07) is 38.1. The summed E-state index contributed by atoms with van der Waals surface area (Å²) >= 11 is 0. The SMILES string of the molecule is CC(OO)(OOC(C)(OO)C(c1ccccc1)c1ccccc1)C(c1ccccc1)c1ccccc1. The Morgan fingerprint density at radius 2 is 0.667 bits per heavy atom. The molecule has 0 saturated carbocycles. The lowest BCUT2D eigenvalue weighted by Crippen LogP contribution is -2.46. The van der Waals surface area contributed by atoms with Gasteiger partial charge in [0.05, 0.1) is 11.8 Å². The number of hydrogen-bond acceptors (Lipinski definition) is 6. The summed E-state index contributed by atoms with van der Waals surface area (Å²) in [5, 5.41) is 20.2. The minimum Gasteiger partial charge on any atom is -0.249 e. The van der Waals surface area contributed by atoms with Gasteiger partial charge in [0.25, 0.3) is 0 Å². The molecule has 0 spiro atoms. The first-order valence-electron chi connectivity index (χ1n) is 11.7. The second-order valence-corrected chi connectivity index (χ2v) is 8.89. The van der Waals surface area contributed by atoms with Crippen LogP contribution in [0.1, 0.15) is 47.9 Å². The normalized spacial score (nSPS) is 14.9. The maximum atomic E-state index is 10.1. The molecule has 2 atom stereocenters. The summed E-state index contributed by atoms with van der Waals surface area (Å²) in [6.07, 6.45) is 0. The summed E-state index contributed by atoms with van der Waals surface area (Å²) in [4.78, 5) is 21.7. The zero-order chi connectivity index (χ0) is 25.4. The first kappa shape index (κ1) is 25.7. The summed E-state index contributed by atoms with van der Waals surface area (Å²) < 4.78 is 0. The largest absolute Gasteiger partial charge is 0.249 e. The fourth-order valence-electron chi connectivity index (χ4n) is 4.58. The molecular weight excluding hydrogens is 456 g/mol. The van der Waals surface area contributed by atoms with Gasteiger partial charge in [-0.2, -0.15) is 19.6 Å². The van der Waals surface area contributed by atoms with Gasteiger partial charge in [-0.1, -0.05) is 121 Å². The van der Waals surface area contributed by atoms with E-state index >= 15 is 0 Å². The Morgan fingerprint density at radius 3 is 0.861 bits per heavy atom. The van der Waals surface area contributed by atoms with Gasteiger partial charge in [-0.3, -0.25) is 0 Å². The molecule has 0 aliphatic rings. The maximum Gasteiger partial charge on any atom is 0.241 e. The minimum atomic E-state index is -1.71. The molecule has 2 N–H and O–H groups in total. The predicted molar refractivity (Wildman–Crippen MR) is 136 cm³/mol. The highest BCUT2D eigenvalue weighted by molar-refractivity contribution is 5.36. The first-order chi connectivity index (χ1) is 17.5. The van der Waals surface area contributed by atoms with Crippen molar-refractivity contribution in [3.05, 3.63) is 144 Å². The van der Waals surface area contributed by atoms with E-state index in [2.05, 4.69) is 0 Å². The van der Waals surface area contributed by atoms with Crippen molar-refractivity contribution in [3.63, 3.8) is 0 Å². The molecular formula is C30H30O6. The molecule has 0 radical (unpaired) electrons. The van der Waals surface area contributed by atoms with Crippen LogP contribution in [0.15, 0.2) is 121 Å². The smallest absolute Gasteiger partial charge is 0.241 e. The molecule has 0 saturated heterocycles. The molecule has 4 rings (SSSR count). The first-order valence-corrected chi connectivity index (χ1v) is 11.7. The third-order valence-corrected chi connectivity index (χ3v) is 6.32. The van der Waals surface area contributed by atoms with Crippen LogP contribution in [0, 0.1) is 0 Å². The Hall–Kier alpha value is -3.36. The van der Waals surface area contributed by atoms with Crippen LogP contribution in [0.2, 0.25) is 0 Å². The summed E-state index contributed by atoms with van der Waals surface area (Å²) in [7, 11) is 0. The molecule has 2 unspecified atom stereocenters. The average Bonchev–Trinajstić information content (AvgIpc) is 2.94. The third kappa shape index (κ3) is 5.55. The Kier molecular flexibility index (Phi) is 8.28. The van der Waals surface area contributed by atoms with Crippen molar-refractivity contribution in [1.82, 2.24) is 0 Å². The van der Waals surface area contributed by atoms with Gasteiger partial charge in [0.2, 0.25) is 11.6 Å². The quantitative estimate of drug-likeness (QED) is 0.135. The zero-order valence-electron chi connectivity index (χ0n) is 20.2. The summed E-state index contributed by atoms with van der Waals surface area (Å²) in [5.74, 6) is -4.58. The lowest BCUT2D eigenvalue weighted by atomic mass is 9.84. The van der Waals surface area contributed by atoms with Crippen LogP contribution in [0.25, 0.3) is 0 Å². The Labute approximate surface area is 211 Å². The summed E-state index contributed by atoms with van der Waals surface area (Å²) in [6.45, 7) is 3.13. The second-order valence-electron chi connectivity index (χ2n) is 8.89. The lowest BCUT2D eigenvalue weighted by Gasteiger charge is -2.39. The van der Waals surface area contributed by atoms with Gasteiger partial charge < -0.3 is 0 Å². The number of hydrogen-bond donors (Lipinski definition) is 2. The fraction of sp³-hybridized carbons (Fsp3) is 0.200. The Morgan fingerprint density at radius 1 is 0.444 bits per heavy atom. The average molecular weight is 487 g/mol. The molecule has 0 heterocycles. The van der Waals surface area contributed by atoms with E-state index < -0.39 is 23.4 Å². The zero-order valence-corrected chi connectivity index (χ0v) is 20.2. The van der Waals surface area contributed by atoms with Gasteiger partial charge in [-0.25, -0.2) is 10.5 Å². The number of rotatable bonds is 11. The van der Waals surface area contributed by atoms with Crippen molar-refractivity contribution in [3.8, 4) is 0 Å². The molecule has 4 aromatic rings. The lowest BCUT2D eigenvalue weighted by molar-refractivity contribution is -0.569. The van der Waals surface area contributed by atoms with Crippen molar-refractivity contribution < 1.29 is 30.1 Å². The van der Waals surface area contributed by atoms with E-state index in [0.29, 0.717) is 0 Å². The van der Waals surface area contributed by atoms with Crippen LogP contribution < -0.4 is 0 Å². The molecule has 0 fully saturated rings. The van der Waals surface area contributed by atoms with Crippen LogP contribution in [-0.2, 0) is 19.6 Å². The number of benzene rings is 4. The van der Waals surface area contributed by atoms with E-state index in [4.69, 9.17) is 19.6 Å². The highest BCUT2D eigenvalue weighted by Crippen LogP contribution is 2.42. The van der Waals surface area contributed by atoms with Crippen molar-refractivity contribution in [1.29, 1.82) is 0 Å². The van der Waals surface area contributed by atoms with Gasteiger partial charge in [-0.05, 0) is 36.1 Å². The topological polar surface area (TPSA) is 77.4 Å². The molecule has 4 aromatic carbocycles. The van der Waals surface area contributed by atoms with E-state index in [1.807, 2.05) is 121 Å². The molecule has 6 heteroatoms. The van der Waals surface area contributed by atoms with E-state index in [0.717, 1.165) is 22.3 Å². The van der Waals surface area contributed by atoms with Gasteiger partial charge in [0.15, 0.2) is 0 Å². The molecule has 0 aliphatic heterocycles. The monoisotopic (exact) mass is 486 g/mol. The van der Waals surface area contributed by atoms with Crippen molar-refractivity contribution in [2.24, 2.45) is 0 Å². The van der Waals surface area contributed by atoms with Gasteiger partial charge in [0, 0.05) is 0 Å². The minimum absolute atomic E-state index is 0.584. The van der Waals surface area contributed by atoms with Crippen LogP contribution >= 0.6 is 0 Å². The summed E-state index contributed by atoms with van der Waals surface area (Å²) in [5.41, 5.74) is 3.33. The van der Waals surface area contributed by atoms with Crippen LogP contribution in [-0.4, -0.2) is 22.1 Å². The maximum absolute atomic E-state index is 10.1. The fourth-order valence-corrected chi connectivity index (χ4v) is 4.58. The van der Waals surface area contributed by atoms with E-state index in [9.17, 15) is 10.5 Å². The van der Waals surface area contributed by atoms with E-state index in [1.165, 1.54) is 0 Å². The highest BCUT2D eigenvalue weighted by Gasteiger charge is 2.47. The second kappa shape index (κ2) is 11.6. The van der Waals surface area contributed by atoms with Crippen molar-refractivity contribution >= 4 is 0 Å². The van der Waals surface area contributed by atoms with Crippen LogP contribution in [0.4, 0.5) is 0 Å². The van der Waals surface area contributed by atoms with Crippen LogP contribution in [0.3, 0.4) is 0 Å².